The van der Waals surface area contributed by atoms with Gasteiger partial charge in [0.15, 0.2) is 0 Å². The summed E-state index contributed by atoms with van der Waals surface area (Å²) in [6, 6.07) is 11.0. The van der Waals surface area contributed by atoms with Crippen LogP contribution >= 0.6 is 11.3 Å². The summed E-state index contributed by atoms with van der Waals surface area (Å²) in [5.74, 6) is -0.470. The van der Waals surface area contributed by atoms with Crippen LogP contribution in [0.3, 0.4) is 0 Å². The summed E-state index contributed by atoms with van der Waals surface area (Å²) in [4.78, 5) is 24.3. The number of carbonyl (C=O) groups is 2. The number of nitrogens with one attached hydrogen (secondary N) is 2. The number of amides is 2. The van der Waals surface area contributed by atoms with Gasteiger partial charge in [0.2, 0.25) is 11.8 Å². The highest BCUT2D eigenvalue weighted by Gasteiger charge is 2.26. The average molecular weight is 339 g/mol. The second-order valence-electron chi connectivity index (χ2n) is 5.77. The molecule has 2 aromatic rings. The highest BCUT2D eigenvalue weighted by molar-refractivity contribution is 7.08. The number of para-hydroxylation sites is 1. The molecule has 2 heterocycles. The van der Waals surface area contributed by atoms with Crippen molar-refractivity contribution < 1.29 is 9.59 Å². The summed E-state index contributed by atoms with van der Waals surface area (Å²) in [5, 5.41) is 18.5. The molecule has 0 saturated carbocycles. The van der Waals surface area contributed by atoms with Crippen LogP contribution in [-0.2, 0) is 16.0 Å². The van der Waals surface area contributed by atoms with Crippen molar-refractivity contribution in [1.82, 2.24) is 5.32 Å². The first-order valence-corrected chi connectivity index (χ1v) is 8.71. The van der Waals surface area contributed by atoms with Gasteiger partial charge < -0.3 is 10.6 Å². The topological polar surface area (TPSA) is 82.0 Å². The number of fused-ring (bicyclic) bond motifs is 1. The molecule has 2 N–H and O–H groups in total. The second kappa shape index (κ2) is 7.28. The third-order valence-electron chi connectivity index (χ3n) is 4.14. The van der Waals surface area contributed by atoms with Gasteiger partial charge in [-0.2, -0.15) is 16.6 Å². The molecular weight excluding hydrogens is 322 g/mol. The van der Waals surface area contributed by atoms with E-state index in [0.717, 1.165) is 16.8 Å². The predicted molar refractivity (Wildman–Crippen MR) is 92.3 cm³/mol. The Balaban J connectivity index is 1.55. The quantitative estimate of drug-likeness (QED) is 0.878. The van der Waals surface area contributed by atoms with Gasteiger partial charge in [-0.1, -0.05) is 18.2 Å². The van der Waals surface area contributed by atoms with Gasteiger partial charge in [-0.05, 0) is 46.9 Å². The number of nitrogens with zero attached hydrogens (tertiary/aromatic N) is 1. The van der Waals surface area contributed by atoms with Crippen LogP contribution < -0.4 is 10.6 Å². The highest BCUT2D eigenvalue weighted by Crippen LogP contribution is 2.27. The van der Waals surface area contributed by atoms with Crippen LogP contribution in [0.4, 0.5) is 5.69 Å². The van der Waals surface area contributed by atoms with Crippen molar-refractivity contribution in [3.8, 4) is 6.07 Å². The molecule has 3 rings (SSSR count). The highest BCUT2D eigenvalue weighted by atomic mass is 32.1. The maximum absolute atomic E-state index is 12.1. The number of benzene rings is 1. The molecule has 0 aliphatic carbocycles. The van der Waals surface area contributed by atoms with Crippen molar-refractivity contribution >= 4 is 28.8 Å². The Labute approximate surface area is 144 Å². The molecule has 122 valence electrons. The van der Waals surface area contributed by atoms with E-state index in [4.69, 9.17) is 0 Å². The van der Waals surface area contributed by atoms with E-state index in [1.165, 1.54) is 11.3 Å². The Bertz CT molecular complexity index is 780. The van der Waals surface area contributed by atoms with E-state index < -0.39 is 6.04 Å². The van der Waals surface area contributed by atoms with Crippen LogP contribution in [0, 0.1) is 17.2 Å². The molecule has 0 saturated heterocycles. The lowest BCUT2D eigenvalue weighted by Crippen LogP contribution is -2.32. The van der Waals surface area contributed by atoms with Crippen LogP contribution in [0.5, 0.6) is 0 Å². The molecule has 0 bridgehead atoms. The van der Waals surface area contributed by atoms with Gasteiger partial charge in [0, 0.05) is 18.0 Å². The monoisotopic (exact) mass is 339 g/mol. The summed E-state index contributed by atoms with van der Waals surface area (Å²) in [7, 11) is 0. The predicted octanol–water partition coefficient (Wildman–Crippen LogP) is 3.02. The van der Waals surface area contributed by atoms with Crippen LogP contribution in [0.15, 0.2) is 41.1 Å². The number of thiophene rings is 1. The van der Waals surface area contributed by atoms with Crippen LogP contribution in [0.1, 0.15) is 30.0 Å². The molecule has 24 heavy (non-hydrogen) atoms. The lowest BCUT2D eigenvalue weighted by molar-refractivity contribution is -0.123. The molecule has 0 unspecified atom stereocenters. The number of nitriles is 1. The van der Waals surface area contributed by atoms with Crippen molar-refractivity contribution in [2.24, 2.45) is 5.92 Å². The van der Waals surface area contributed by atoms with E-state index in [1.54, 1.807) is 0 Å². The lowest BCUT2D eigenvalue weighted by Gasteiger charge is -2.24. The van der Waals surface area contributed by atoms with E-state index in [9.17, 15) is 14.9 Å². The maximum atomic E-state index is 12.1. The minimum Gasteiger partial charge on any atom is -0.337 e. The van der Waals surface area contributed by atoms with Gasteiger partial charge in [0.05, 0.1) is 6.07 Å². The van der Waals surface area contributed by atoms with Crippen LogP contribution in [0.2, 0.25) is 0 Å². The molecule has 0 spiro atoms. The molecule has 2 atom stereocenters. The Morgan fingerprint density at radius 3 is 3.00 bits per heavy atom. The SMILES string of the molecule is N#C[C@@H](NC(=O)CC[C@@H]1Cc2ccccc2NC1=O)c1ccsc1. The van der Waals surface area contributed by atoms with E-state index in [1.807, 2.05) is 41.1 Å². The van der Waals surface area contributed by atoms with Gasteiger partial charge in [0.25, 0.3) is 0 Å². The molecular formula is C18H17N3O2S. The lowest BCUT2D eigenvalue weighted by atomic mass is 9.89. The Hall–Kier alpha value is -2.65. The van der Waals surface area contributed by atoms with E-state index in [2.05, 4.69) is 16.7 Å². The normalized spacial score (nSPS) is 17.3. The summed E-state index contributed by atoms with van der Waals surface area (Å²) in [6.07, 6.45) is 1.33. The van der Waals surface area contributed by atoms with E-state index in [0.29, 0.717) is 12.8 Å². The zero-order valence-electron chi connectivity index (χ0n) is 13.0. The van der Waals surface area contributed by atoms with Crippen LogP contribution in [0.25, 0.3) is 0 Å². The second-order valence-corrected chi connectivity index (χ2v) is 6.55. The molecule has 6 heteroatoms. The zero-order chi connectivity index (χ0) is 16.9. The first kappa shape index (κ1) is 16.2. The Morgan fingerprint density at radius 1 is 1.42 bits per heavy atom. The summed E-state index contributed by atoms with van der Waals surface area (Å²) in [6.45, 7) is 0. The first-order valence-electron chi connectivity index (χ1n) is 7.77. The van der Waals surface area contributed by atoms with Crippen molar-refractivity contribution in [2.75, 3.05) is 5.32 Å². The first-order chi connectivity index (χ1) is 11.7. The van der Waals surface area contributed by atoms with Gasteiger partial charge >= 0.3 is 0 Å². The van der Waals surface area contributed by atoms with E-state index in [-0.39, 0.29) is 24.2 Å². The van der Waals surface area contributed by atoms with Gasteiger partial charge in [-0.15, -0.1) is 0 Å². The number of hydrogen-bond donors (Lipinski definition) is 2. The molecule has 2 amide bonds. The minimum absolute atomic E-state index is 0.0452. The van der Waals surface area contributed by atoms with Crippen molar-refractivity contribution in [3.05, 3.63) is 52.2 Å². The fraction of sp³-hybridized carbons (Fsp3) is 0.278. The molecule has 1 aliphatic heterocycles. The van der Waals surface area contributed by atoms with E-state index >= 15 is 0 Å². The third kappa shape index (κ3) is 3.63. The standard InChI is InChI=1S/C18H17N3O2S/c19-10-16(14-7-8-24-11-14)20-17(22)6-5-13-9-12-3-1-2-4-15(12)21-18(13)23/h1-4,7-8,11,13,16H,5-6,9H2,(H,20,22)(H,21,23)/t13-,16-/m1/s1. The van der Waals surface area contributed by atoms with Crippen molar-refractivity contribution in [1.29, 1.82) is 5.26 Å². The molecule has 0 radical (unpaired) electrons. The Morgan fingerprint density at radius 2 is 2.25 bits per heavy atom. The van der Waals surface area contributed by atoms with Gasteiger partial charge in [-0.25, -0.2) is 0 Å². The molecule has 1 aliphatic rings. The zero-order valence-corrected chi connectivity index (χ0v) is 13.8. The summed E-state index contributed by atoms with van der Waals surface area (Å²) < 4.78 is 0. The summed E-state index contributed by atoms with van der Waals surface area (Å²) in [5.41, 5.74) is 2.74. The molecule has 1 aromatic heterocycles. The smallest absolute Gasteiger partial charge is 0.227 e. The number of rotatable bonds is 5. The fourth-order valence-electron chi connectivity index (χ4n) is 2.81. The number of hydrogen-bond acceptors (Lipinski definition) is 4. The van der Waals surface area contributed by atoms with Crippen molar-refractivity contribution in [3.63, 3.8) is 0 Å². The maximum Gasteiger partial charge on any atom is 0.227 e. The fourth-order valence-corrected chi connectivity index (χ4v) is 3.50. The van der Waals surface area contributed by atoms with Crippen LogP contribution in [-0.4, -0.2) is 11.8 Å². The number of carbonyl (C=O) groups excluding carboxylic acids is 2. The largest absolute Gasteiger partial charge is 0.337 e. The Kier molecular flexibility index (Phi) is 4.92. The van der Waals surface area contributed by atoms with Crippen molar-refractivity contribution in [2.45, 2.75) is 25.3 Å². The minimum atomic E-state index is -0.635. The molecule has 0 fully saturated rings. The third-order valence-corrected chi connectivity index (χ3v) is 4.84. The van der Waals surface area contributed by atoms with Gasteiger partial charge in [-0.3, -0.25) is 9.59 Å². The number of anilines is 1. The summed E-state index contributed by atoms with van der Waals surface area (Å²) >= 11 is 1.48. The molecule has 5 nitrogen and oxygen atoms in total. The van der Waals surface area contributed by atoms with Gasteiger partial charge in [0.1, 0.15) is 6.04 Å². The average Bonchev–Trinajstić information content (AvgIpc) is 3.12. The molecule has 1 aromatic carbocycles.